The van der Waals surface area contributed by atoms with Gasteiger partial charge in [-0.3, -0.25) is 24.2 Å². The first-order chi connectivity index (χ1) is 16.4. The SMILES string of the molecule is CNC(=O)[C@H]([C@@H](C)O)N(C)CC1CCC2(CN(OCc3ccccc3)C2=O)N1C(=O)OC(C)(C)C. The van der Waals surface area contributed by atoms with Gasteiger partial charge in [-0.15, -0.1) is 0 Å². The van der Waals surface area contributed by atoms with Gasteiger partial charge in [0.25, 0.3) is 5.91 Å². The Morgan fingerprint density at radius 3 is 2.49 bits per heavy atom. The van der Waals surface area contributed by atoms with Crippen molar-refractivity contribution in [3.8, 4) is 0 Å². The Balaban J connectivity index is 1.77. The van der Waals surface area contributed by atoms with Crippen molar-refractivity contribution in [1.82, 2.24) is 20.2 Å². The highest BCUT2D eigenvalue weighted by Gasteiger charge is 2.64. The van der Waals surface area contributed by atoms with Gasteiger partial charge in [-0.2, -0.15) is 0 Å². The molecule has 35 heavy (non-hydrogen) atoms. The number of benzene rings is 1. The predicted octanol–water partition coefficient (Wildman–Crippen LogP) is 1.53. The minimum Gasteiger partial charge on any atom is -0.444 e. The normalized spacial score (nSPS) is 23.9. The van der Waals surface area contributed by atoms with Gasteiger partial charge in [-0.1, -0.05) is 30.3 Å². The van der Waals surface area contributed by atoms with E-state index in [9.17, 15) is 19.5 Å². The Morgan fingerprint density at radius 2 is 1.94 bits per heavy atom. The first-order valence-electron chi connectivity index (χ1n) is 12.0. The van der Waals surface area contributed by atoms with Crippen molar-refractivity contribution >= 4 is 17.9 Å². The van der Waals surface area contributed by atoms with Crippen LogP contribution in [0.25, 0.3) is 0 Å². The van der Waals surface area contributed by atoms with E-state index in [-0.39, 0.29) is 31.0 Å². The average molecular weight is 491 g/mol. The van der Waals surface area contributed by atoms with E-state index >= 15 is 0 Å². The maximum absolute atomic E-state index is 13.3. The summed E-state index contributed by atoms with van der Waals surface area (Å²) < 4.78 is 5.68. The first kappa shape index (κ1) is 26.9. The second-order valence-electron chi connectivity index (χ2n) is 10.4. The summed E-state index contributed by atoms with van der Waals surface area (Å²) in [6, 6.07) is 8.38. The number of nitrogens with one attached hydrogen (secondary N) is 1. The molecular formula is C25H38N4O6. The van der Waals surface area contributed by atoms with Gasteiger partial charge in [0.1, 0.15) is 23.8 Å². The fourth-order valence-corrected chi connectivity index (χ4v) is 4.91. The molecule has 2 aliphatic rings. The zero-order valence-electron chi connectivity index (χ0n) is 21.5. The number of carbonyl (C=O) groups is 3. The molecule has 2 aliphatic heterocycles. The van der Waals surface area contributed by atoms with Gasteiger partial charge in [0.15, 0.2) is 0 Å². The number of likely N-dealkylation sites (N-methyl/N-ethyl adjacent to an activating group) is 2. The monoisotopic (exact) mass is 490 g/mol. The molecule has 0 aromatic heterocycles. The lowest BCUT2D eigenvalue weighted by atomic mass is 9.88. The van der Waals surface area contributed by atoms with Gasteiger partial charge in [0.2, 0.25) is 5.91 Å². The third-order valence-corrected chi connectivity index (χ3v) is 6.51. The number of hydrogen-bond acceptors (Lipinski definition) is 7. The molecule has 3 rings (SSSR count). The molecule has 0 bridgehead atoms. The van der Waals surface area contributed by atoms with E-state index in [4.69, 9.17) is 9.57 Å². The highest BCUT2D eigenvalue weighted by molar-refractivity contribution is 5.95. The first-order valence-corrected chi connectivity index (χ1v) is 12.0. The second-order valence-corrected chi connectivity index (χ2v) is 10.4. The molecule has 2 fully saturated rings. The van der Waals surface area contributed by atoms with Crippen molar-refractivity contribution in [2.24, 2.45) is 0 Å². The number of nitrogens with zero attached hydrogens (tertiary/aromatic N) is 3. The molecule has 2 N–H and O–H groups in total. The molecule has 3 amide bonds. The Labute approximate surface area is 207 Å². The van der Waals surface area contributed by atoms with Gasteiger partial charge in [0.05, 0.1) is 12.6 Å². The number of amides is 3. The van der Waals surface area contributed by atoms with E-state index in [0.29, 0.717) is 19.4 Å². The van der Waals surface area contributed by atoms with Crippen LogP contribution in [0.15, 0.2) is 30.3 Å². The Kier molecular flexibility index (Phi) is 8.08. The average Bonchev–Trinajstić information content (AvgIpc) is 3.16. The maximum Gasteiger partial charge on any atom is 0.411 e. The number of β-lactam (4-membered cyclic amide) rings is 1. The topological polar surface area (TPSA) is 112 Å². The molecule has 1 spiro atoms. The Hall–Kier alpha value is -2.69. The molecule has 194 valence electrons. The number of aliphatic hydroxyl groups is 1. The molecule has 0 aliphatic carbocycles. The lowest BCUT2D eigenvalue weighted by Crippen LogP contribution is -2.74. The van der Waals surface area contributed by atoms with Crippen LogP contribution < -0.4 is 5.32 Å². The Bertz CT molecular complexity index is 918. The number of likely N-dealkylation sites (tertiary alicyclic amines) is 1. The van der Waals surface area contributed by atoms with Crippen LogP contribution in [0.1, 0.15) is 46.1 Å². The summed E-state index contributed by atoms with van der Waals surface area (Å²) in [5, 5.41) is 14.1. The maximum atomic E-state index is 13.3. The second kappa shape index (κ2) is 10.5. The van der Waals surface area contributed by atoms with Crippen LogP contribution in [0.3, 0.4) is 0 Å². The van der Waals surface area contributed by atoms with Crippen molar-refractivity contribution in [3.63, 3.8) is 0 Å². The summed E-state index contributed by atoms with van der Waals surface area (Å²) >= 11 is 0. The molecule has 0 saturated carbocycles. The van der Waals surface area contributed by atoms with Gasteiger partial charge in [-0.25, -0.2) is 9.86 Å². The van der Waals surface area contributed by atoms with E-state index in [1.807, 2.05) is 30.3 Å². The Morgan fingerprint density at radius 1 is 1.29 bits per heavy atom. The molecule has 2 unspecified atom stereocenters. The van der Waals surface area contributed by atoms with Gasteiger partial charge in [0, 0.05) is 19.6 Å². The standard InChI is InChI=1S/C25H38N4O6/c1-17(30)20(21(31)26-5)27(6)14-19-12-13-25(29(19)23(33)35-24(2,3)4)16-28(22(25)32)34-15-18-10-8-7-9-11-18/h7-11,17,19-20,30H,12-16H2,1-6H3,(H,26,31)/t17-,19?,20+,25?/m1/s1. The summed E-state index contributed by atoms with van der Waals surface area (Å²) in [6.45, 7) is 7.68. The van der Waals surface area contributed by atoms with Crippen LogP contribution in [-0.4, -0.2) is 94.4 Å². The van der Waals surface area contributed by atoms with Crippen LogP contribution in [0.2, 0.25) is 0 Å². The molecule has 10 nitrogen and oxygen atoms in total. The van der Waals surface area contributed by atoms with Crippen LogP contribution in [0.5, 0.6) is 0 Å². The zero-order chi connectivity index (χ0) is 26.0. The van der Waals surface area contributed by atoms with Crippen molar-refractivity contribution in [2.45, 2.75) is 76.5 Å². The predicted molar refractivity (Wildman–Crippen MR) is 129 cm³/mol. The molecule has 1 aromatic rings. The molecule has 2 saturated heterocycles. The van der Waals surface area contributed by atoms with Gasteiger partial charge in [-0.05, 0) is 53.1 Å². The lowest BCUT2D eigenvalue weighted by Gasteiger charge is -2.51. The van der Waals surface area contributed by atoms with E-state index in [1.165, 1.54) is 17.0 Å². The van der Waals surface area contributed by atoms with Crippen molar-refractivity contribution in [3.05, 3.63) is 35.9 Å². The van der Waals surface area contributed by atoms with Gasteiger partial charge >= 0.3 is 6.09 Å². The summed E-state index contributed by atoms with van der Waals surface area (Å²) in [5.74, 6) is -0.595. The largest absolute Gasteiger partial charge is 0.444 e. The molecule has 2 heterocycles. The minimum absolute atomic E-state index is 0.243. The molecule has 4 atom stereocenters. The fraction of sp³-hybridized carbons (Fsp3) is 0.640. The van der Waals surface area contributed by atoms with Crippen LogP contribution in [0.4, 0.5) is 4.79 Å². The number of hydrogen-bond donors (Lipinski definition) is 2. The third-order valence-electron chi connectivity index (χ3n) is 6.51. The highest BCUT2D eigenvalue weighted by Crippen LogP contribution is 2.43. The number of rotatable bonds is 8. The van der Waals surface area contributed by atoms with E-state index < -0.39 is 29.4 Å². The lowest BCUT2D eigenvalue weighted by molar-refractivity contribution is -0.242. The summed E-state index contributed by atoms with van der Waals surface area (Å²) in [4.78, 5) is 48.0. The van der Waals surface area contributed by atoms with Crippen molar-refractivity contribution < 1.29 is 29.1 Å². The number of aliphatic hydroxyl groups excluding tert-OH is 1. The number of hydroxylamine groups is 2. The highest BCUT2D eigenvalue weighted by atomic mass is 16.7. The van der Waals surface area contributed by atoms with Crippen LogP contribution in [0, 0.1) is 0 Å². The van der Waals surface area contributed by atoms with Gasteiger partial charge < -0.3 is 15.2 Å². The molecule has 10 heteroatoms. The van der Waals surface area contributed by atoms with Crippen LogP contribution >= 0.6 is 0 Å². The van der Waals surface area contributed by atoms with E-state index in [1.54, 1.807) is 39.6 Å². The number of ether oxygens (including phenoxy) is 1. The summed E-state index contributed by atoms with van der Waals surface area (Å²) in [5.41, 5.74) is -0.843. The zero-order valence-corrected chi connectivity index (χ0v) is 21.5. The molecular weight excluding hydrogens is 452 g/mol. The number of carbonyl (C=O) groups excluding carboxylic acids is 3. The smallest absolute Gasteiger partial charge is 0.411 e. The minimum atomic E-state index is -1.04. The summed E-state index contributed by atoms with van der Waals surface area (Å²) in [7, 11) is 3.24. The van der Waals surface area contributed by atoms with E-state index in [0.717, 1.165) is 5.56 Å². The van der Waals surface area contributed by atoms with Crippen molar-refractivity contribution in [1.29, 1.82) is 0 Å². The van der Waals surface area contributed by atoms with Crippen molar-refractivity contribution in [2.75, 3.05) is 27.2 Å². The molecule has 1 aromatic carbocycles. The van der Waals surface area contributed by atoms with Crippen LogP contribution in [-0.2, 0) is 25.8 Å². The molecule has 0 radical (unpaired) electrons. The fourth-order valence-electron chi connectivity index (χ4n) is 4.91. The quantitative estimate of drug-likeness (QED) is 0.532. The third kappa shape index (κ3) is 5.76. The van der Waals surface area contributed by atoms with E-state index in [2.05, 4.69) is 5.32 Å². The summed E-state index contributed by atoms with van der Waals surface area (Å²) in [6.07, 6.45) is -0.466.